The van der Waals surface area contributed by atoms with E-state index in [9.17, 15) is 14.4 Å². The van der Waals surface area contributed by atoms with E-state index in [4.69, 9.17) is 9.47 Å². The summed E-state index contributed by atoms with van der Waals surface area (Å²) in [5, 5.41) is 5.19. The number of piperidine rings is 1. The highest BCUT2D eigenvalue weighted by Gasteiger charge is 2.27. The number of thiophene rings is 1. The predicted octanol–water partition coefficient (Wildman–Crippen LogP) is 3.79. The zero-order chi connectivity index (χ0) is 22.4. The van der Waals surface area contributed by atoms with Crippen molar-refractivity contribution in [2.45, 2.75) is 52.5 Å². The highest BCUT2D eigenvalue weighted by Crippen LogP contribution is 2.33. The van der Waals surface area contributed by atoms with Crippen LogP contribution in [-0.4, -0.2) is 54.3 Å². The Bertz CT molecular complexity index is 975. The van der Waals surface area contributed by atoms with Gasteiger partial charge in [0, 0.05) is 12.6 Å². The van der Waals surface area contributed by atoms with Gasteiger partial charge in [-0.05, 0) is 71.1 Å². The molecule has 0 aromatic carbocycles. The van der Waals surface area contributed by atoms with Crippen LogP contribution >= 0.6 is 11.3 Å². The summed E-state index contributed by atoms with van der Waals surface area (Å²) in [6, 6.07) is 1.59. The lowest BCUT2D eigenvalue weighted by Crippen LogP contribution is -2.37. The lowest BCUT2D eigenvalue weighted by molar-refractivity contribution is 0.0935. The van der Waals surface area contributed by atoms with Crippen LogP contribution in [0.15, 0.2) is 16.2 Å². The van der Waals surface area contributed by atoms with Gasteiger partial charge in [-0.25, -0.2) is 4.79 Å². The maximum Gasteiger partial charge on any atom is 0.513 e. The van der Waals surface area contributed by atoms with Crippen molar-refractivity contribution >= 4 is 33.6 Å². The number of hydrogen-bond acceptors (Lipinski definition) is 7. The lowest BCUT2D eigenvalue weighted by Gasteiger charge is -2.26. The third-order valence-electron chi connectivity index (χ3n) is 5.34. The zero-order valence-corrected chi connectivity index (χ0v) is 19.3. The fourth-order valence-electron chi connectivity index (χ4n) is 3.89. The van der Waals surface area contributed by atoms with E-state index in [1.165, 1.54) is 30.6 Å². The van der Waals surface area contributed by atoms with Crippen molar-refractivity contribution in [3.63, 3.8) is 0 Å². The smallest absolute Gasteiger partial charge is 0.434 e. The van der Waals surface area contributed by atoms with E-state index in [1.54, 1.807) is 22.9 Å². The molecular formula is C22H31N3O5S. The Hall–Kier alpha value is -2.39. The Morgan fingerprint density at radius 3 is 2.65 bits per heavy atom. The summed E-state index contributed by atoms with van der Waals surface area (Å²) >= 11 is 1.36. The molecule has 31 heavy (non-hydrogen) atoms. The normalized spacial score (nSPS) is 14.7. The molecule has 1 saturated heterocycles. The molecule has 0 radical (unpaired) electrons. The van der Waals surface area contributed by atoms with E-state index >= 15 is 0 Å². The minimum Gasteiger partial charge on any atom is -0.434 e. The molecule has 2 aromatic rings. The highest BCUT2D eigenvalue weighted by molar-refractivity contribution is 7.16. The molecule has 0 saturated carbocycles. The maximum atomic E-state index is 13.3. The van der Waals surface area contributed by atoms with Crippen LogP contribution in [0.2, 0.25) is 0 Å². The first-order valence-corrected chi connectivity index (χ1v) is 11.8. The molecule has 1 N–H and O–H groups in total. The van der Waals surface area contributed by atoms with Crippen molar-refractivity contribution in [1.29, 1.82) is 0 Å². The average Bonchev–Trinajstić information content (AvgIpc) is 3.21. The van der Waals surface area contributed by atoms with Gasteiger partial charge in [0.15, 0.2) is 5.75 Å². The van der Waals surface area contributed by atoms with E-state index in [2.05, 4.69) is 10.2 Å². The van der Waals surface area contributed by atoms with Gasteiger partial charge in [-0.1, -0.05) is 6.42 Å². The molecule has 1 fully saturated rings. The third kappa shape index (κ3) is 5.46. The number of fused-ring (bicyclic) bond motifs is 1. The summed E-state index contributed by atoms with van der Waals surface area (Å²) in [4.78, 5) is 41.4. The number of rotatable bonds is 8. The lowest BCUT2D eigenvalue weighted by atomic mass is 10.1. The number of nitrogens with zero attached hydrogens (tertiary/aromatic N) is 2. The number of pyridine rings is 1. The molecule has 3 heterocycles. The monoisotopic (exact) mass is 449 g/mol. The molecule has 0 aliphatic carbocycles. The third-order valence-corrected chi connectivity index (χ3v) is 6.26. The number of carbonyl (C=O) groups is 2. The molecule has 8 nitrogen and oxygen atoms in total. The Morgan fingerprint density at radius 2 is 1.97 bits per heavy atom. The second-order valence-corrected chi connectivity index (χ2v) is 8.80. The van der Waals surface area contributed by atoms with Gasteiger partial charge >= 0.3 is 6.16 Å². The topological polar surface area (TPSA) is 89.9 Å². The summed E-state index contributed by atoms with van der Waals surface area (Å²) in [6.45, 7) is 9.10. The molecule has 1 aliphatic rings. The second-order valence-electron chi connectivity index (χ2n) is 7.91. The minimum absolute atomic E-state index is 0.0369. The fourth-order valence-corrected chi connectivity index (χ4v) is 4.92. The Labute approximate surface area is 186 Å². The number of hydrogen-bond donors (Lipinski definition) is 1. The van der Waals surface area contributed by atoms with Crippen molar-refractivity contribution in [2.24, 2.45) is 0 Å². The summed E-state index contributed by atoms with van der Waals surface area (Å²) in [5.41, 5.74) is -0.636. The van der Waals surface area contributed by atoms with Gasteiger partial charge < -0.3 is 19.7 Å². The highest BCUT2D eigenvalue weighted by atomic mass is 32.1. The average molecular weight is 450 g/mol. The van der Waals surface area contributed by atoms with E-state index in [0.717, 1.165) is 26.1 Å². The molecule has 9 heteroatoms. The van der Waals surface area contributed by atoms with Gasteiger partial charge in [-0.15, -0.1) is 11.3 Å². The van der Waals surface area contributed by atoms with Crippen molar-refractivity contribution < 1.29 is 19.1 Å². The Morgan fingerprint density at radius 1 is 1.23 bits per heavy atom. The number of nitrogens with one attached hydrogen (secondary N) is 1. The first-order valence-electron chi connectivity index (χ1n) is 10.9. The Balaban J connectivity index is 1.85. The molecule has 1 amide bonds. The van der Waals surface area contributed by atoms with Crippen molar-refractivity contribution in [1.82, 2.24) is 14.8 Å². The molecule has 2 aromatic heterocycles. The van der Waals surface area contributed by atoms with Crippen LogP contribution in [0.25, 0.3) is 10.2 Å². The van der Waals surface area contributed by atoms with Gasteiger partial charge in [0.25, 0.3) is 11.5 Å². The summed E-state index contributed by atoms with van der Waals surface area (Å²) in [5.74, 6) is -0.574. The van der Waals surface area contributed by atoms with E-state index in [0.29, 0.717) is 16.8 Å². The van der Waals surface area contributed by atoms with Crippen LogP contribution in [0, 0.1) is 0 Å². The Kier molecular flexibility index (Phi) is 8.09. The van der Waals surface area contributed by atoms with Gasteiger partial charge in [0.05, 0.1) is 12.0 Å². The van der Waals surface area contributed by atoms with Gasteiger partial charge in [-0.2, -0.15) is 0 Å². The molecule has 3 rings (SSSR count). The largest absolute Gasteiger partial charge is 0.513 e. The summed E-state index contributed by atoms with van der Waals surface area (Å²) in [6.07, 6.45) is 3.57. The van der Waals surface area contributed by atoms with E-state index in [-0.39, 0.29) is 24.0 Å². The second kappa shape index (κ2) is 10.8. The van der Waals surface area contributed by atoms with E-state index in [1.807, 2.05) is 13.8 Å². The maximum absolute atomic E-state index is 13.3. The number of carbonyl (C=O) groups excluding carboxylic acids is 2. The zero-order valence-electron chi connectivity index (χ0n) is 18.4. The van der Waals surface area contributed by atoms with Crippen molar-refractivity contribution in [2.75, 3.05) is 32.8 Å². The van der Waals surface area contributed by atoms with Crippen molar-refractivity contribution in [3.05, 3.63) is 27.4 Å². The molecule has 0 bridgehead atoms. The number of aromatic nitrogens is 1. The molecule has 0 atom stereocenters. The van der Waals surface area contributed by atoms with Crippen LogP contribution in [-0.2, 0) is 4.74 Å². The fraction of sp³-hybridized carbons (Fsp3) is 0.591. The summed E-state index contributed by atoms with van der Waals surface area (Å²) in [7, 11) is 0. The standard InChI is InChI=1S/C22H31N3O5S/c1-4-29-22(28)30-18-16-9-14-31-21(16)25(15(2)3)20(27)17(18)19(26)23-10-8-13-24-11-6-5-7-12-24/h9,14-15H,4-8,10-13H2,1-3H3,(H,23,26). The van der Waals surface area contributed by atoms with Crippen LogP contribution in [0.1, 0.15) is 62.9 Å². The molecule has 1 aliphatic heterocycles. The van der Waals surface area contributed by atoms with Crippen molar-refractivity contribution in [3.8, 4) is 5.75 Å². The SMILES string of the molecule is CCOC(=O)Oc1c(C(=O)NCCCN2CCCCC2)c(=O)n(C(C)C)c2sccc12. The van der Waals surface area contributed by atoms with Crippen LogP contribution in [0.5, 0.6) is 5.75 Å². The molecule has 0 unspecified atom stereocenters. The molecular weight excluding hydrogens is 418 g/mol. The van der Waals surface area contributed by atoms with Crippen LogP contribution in [0.4, 0.5) is 4.79 Å². The quantitative estimate of drug-likeness (QED) is 0.487. The molecule has 170 valence electrons. The predicted molar refractivity (Wildman–Crippen MR) is 121 cm³/mol. The number of likely N-dealkylation sites (tertiary alicyclic amines) is 1. The first-order chi connectivity index (χ1) is 14.9. The van der Waals surface area contributed by atoms with E-state index < -0.39 is 17.6 Å². The minimum atomic E-state index is -0.934. The van der Waals surface area contributed by atoms with Crippen LogP contribution < -0.4 is 15.6 Å². The van der Waals surface area contributed by atoms with Gasteiger partial charge in [0.1, 0.15) is 10.4 Å². The van der Waals surface area contributed by atoms with Gasteiger partial charge in [-0.3, -0.25) is 14.2 Å². The summed E-state index contributed by atoms with van der Waals surface area (Å²) < 4.78 is 11.8. The molecule has 0 spiro atoms. The number of amides is 1. The van der Waals surface area contributed by atoms with Crippen LogP contribution in [0.3, 0.4) is 0 Å². The van der Waals surface area contributed by atoms with Gasteiger partial charge in [0.2, 0.25) is 0 Å². The first kappa shape index (κ1) is 23.3. The number of ether oxygens (including phenoxy) is 2.